The molecule has 1 heteroatoms. The van der Waals surface area contributed by atoms with E-state index in [4.69, 9.17) is 0 Å². The van der Waals surface area contributed by atoms with Gasteiger partial charge in [0.15, 0.2) is 12.4 Å². The smallest absolute Gasteiger partial charge is 0.159 e. The van der Waals surface area contributed by atoms with E-state index in [0.717, 1.165) is 13.1 Å². The molecule has 0 aliphatic rings. The predicted molar refractivity (Wildman–Crippen MR) is 36.6 cm³/mol. The average Bonchev–Trinajstić information content (AvgIpc) is 1.83. The molecule has 0 heterocycles. The Labute approximate surface area is 51.3 Å². The van der Waals surface area contributed by atoms with Crippen molar-refractivity contribution in [1.82, 2.24) is 0 Å². The van der Waals surface area contributed by atoms with Crippen molar-refractivity contribution in [1.29, 1.82) is 0 Å². The van der Waals surface area contributed by atoms with Crippen LogP contribution in [0.4, 0.5) is 0 Å². The Morgan fingerprint density at radius 1 is 1.50 bits per heavy atom. The van der Waals surface area contributed by atoms with E-state index < -0.39 is 0 Å². The van der Waals surface area contributed by atoms with E-state index in [-0.39, 0.29) is 0 Å². The third-order valence-corrected chi connectivity index (χ3v) is 1.10. The van der Waals surface area contributed by atoms with E-state index in [2.05, 4.69) is 30.9 Å². The van der Waals surface area contributed by atoms with E-state index in [1.807, 2.05) is 0 Å². The molecule has 0 aromatic heterocycles. The van der Waals surface area contributed by atoms with Crippen LogP contribution in [0.1, 0.15) is 20.3 Å². The third-order valence-electron chi connectivity index (χ3n) is 1.10. The van der Waals surface area contributed by atoms with E-state index in [1.54, 1.807) is 0 Å². The summed E-state index contributed by atoms with van der Waals surface area (Å²) in [5.74, 6) is 2.84. The largest absolute Gasteiger partial charge is 0.189 e. The lowest BCUT2D eigenvalue weighted by atomic mass is 10.4. The maximum absolute atomic E-state index is 3.55. The molecule has 46 valence electrons. The Bertz CT molecular complexity index is 99.0. The summed E-state index contributed by atoms with van der Waals surface area (Å²) in [6.07, 6.45) is 1.18. The highest BCUT2D eigenvalue weighted by molar-refractivity contribution is 5.39. The molecule has 0 aliphatic heterocycles. The minimum Gasteiger partial charge on any atom is -0.189 e. The van der Waals surface area contributed by atoms with Crippen LogP contribution in [0.2, 0.25) is 0 Å². The van der Waals surface area contributed by atoms with Gasteiger partial charge in [0.05, 0.1) is 0 Å². The molecule has 1 nitrogen and oxygen atoms in total. The first-order valence-electron chi connectivity index (χ1n) is 3.12. The molecule has 0 radical (unpaired) electrons. The minimum atomic E-state index is 1.03. The first-order valence-corrected chi connectivity index (χ1v) is 3.12. The fraction of sp³-hybridized carbons (Fsp3) is 0.714. The Hall–Kier alpha value is -0.550. The molecular weight excluding hydrogens is 98.1 g/mol. The van der Waals surface area contributed by atoms with E-state index in [0.29, 0.717) is 0 Å². The van der Waals surface area contributed by atoms with E-state index in [9.17, 15) is 0 Å². The second-order valence-corrected chi connectivity index (χ2v) is 1.74. The van der Waals surface area contributed by atoms with Gasteiger partial charge in [-0.2, -0.15) is 4.58 Å². The number of rotatable bonds is 3. The molecule has 0 saturated heterocycles. The molecular formula is C7H14N+. The van der Waals surface area contributed by atoms with E-state index in [1.165, 1.54) is 6.42 Å². The number of nitrogens with zero attached hydrogens (tertiary/aromatic N) is 1. The van der Waals surface area contributed by atoms with Crippen LogP contribution in [0.3, 0.4) is 0 Å². The summed E-state index contributed by atoms with van der Waals surface area (Å²) in [4.78, 5) is 0. The molecule has 0 N–H and O–H groups in total. The van der Waals surface area contributed by atoms with Crippen LogP contribution >= 0.6 is 0 Å². The normalized spacial score (nSPS) is 8.25. The Balaban J connectivity index is 3.55. The second-order valence-electron chi connectivity index (χ2n) is 1.74. The lowest BCUT2D eigenvalue weighted by molar-refractivity contribution is -0.517. The first-order chi connectivity index (χ1) is 3.85. The van der Waals surface area contributed by atoms with Crippen LogP contribution in [-0.2, 0) is 0 Å². The van der Waals surface area contributed by atoms with Gasteiger partial charge in [0.25, 0.3) is 0 Å². The fourth-order valence-electron chi connectivity index (χ4n) is 0.619. The highest BCUT2D eigenvalue weighted by atomic mass is 15.0. The van der Waals surface area contributed by atoms with Crippen LogP contribution < -0.4 is 0 Å². The molecule has 0 aromatic rings. The monoisotopic (exact) mass is 112 g/mol. The Kier molecular flexibility index (Phi) is 4.29. The first kappa shape index (κ1) is 7.45. The maximum Gasteiger partial charge on any atom is 0.159 e. The van der Waals surface area contributed by atoms with Crippen molar-refractivity contribution in [3.63, 3.8) is 0 Å². The average molecular weight is 112 g/mol. The van der Waals surface area contributed by atoms with E-state index >= 15 is 0 Å². The molecule has 0 fully saturated rings. The highest BCUT2D eigenvalue weighted by Crippen LogP contribution is 1.76. The molecule has 0 bridgehead atoms. The van der Waals surface area contributed by atoms with Crippen molar-refractivity contribution < 1.29 is 4.58 Å². The van der Waals surface area contributed by atoms with Crippen LogP contribution in [0, 0.1) is 0 Å². The third kappa shape index (κ3) is 2.59. The summed E-state index contributed by atoms with van der Waals surface area (Å²) in [6, 6.07) is 0. The van der Waals surface area contributed by atoms with Crippen molar-refractivity contribution in [2.45, 2.75) is 20.3 Å². The zero-order valence-corrected chi connectivity index (χ0v) is 5.78. The molecule has 0 rings (SSSR count). The van der Waals surface area contributed by atoms with Crippen molar-refractivity contribution in [3.05, 3.63) is 6.58 Å². The van der Waals surface area contributed by atoms with Crippen molar-refractivity contribution in [2.75, 3.05) is 13.1 Å². The lowest BCUT2D eigenvalue weighted by Gasteiger charge is -1.89. The van der Waals surface area contributed by atoms with Gasteiger partial charge in [0, 0.05) is 13.0 Å². The minimum absolute atomic E-state index is 1.03. The molecule has 0 amide bonds. The molecule has 0 atom stereocenters. The van der Waals surface area contributed by atoms with Gasteiger partial charge in [0.2, 0.25) is 0 Å². The molecule has 0 aliphatic carbocycles. The van der Waals surface area contributed by atoms with Gasteiger partial charge in [-0.1, -0.05) is 6.92 Å². The molecule has 0 saturated carbocycles. The topological polar surface area (TPSA) is 3.01 Å². The van der Waals surface area contributed by atoms with Gasteiger partial charge in [-0.05, 0) is 6.92 Å². The van der Waals surface area contributed by atoms with Gasteiger partial charge >= 0.3 is 0 Å². The standard InChI is InChI=1S/C7H14N/c1-4-7-8(5-2)6-3/h2,4,6-7H2,1,3H3/q+1. The zero-order chi connectivity index (χ0) is 6.41. The van der Waals surface area contributed by atoms with Crippen LogP contribution in [0.5, 0.6) is 0 Å². The second kappa shape index (κ2) is 4.61. The summed E-state index contributed by atoms with van der Waals surface area (Å²) in [5.41, 5.74) is 0. The van der Waals surface area contributed by atoms with Crippen LogP contribution in [0.25, 0.3) is 0 Å². The van der Waals surface area contributed by atoms with Crippen molar-refractivity contribution in [2.24, 2.45) is 0 Å². The van der Waals surface area contributed by atoms with Gasteiger partial charge < -0.3 is 0 Å². The van der Waals surface area contributed by atoms with Gasteiger partial charge in [-0.3, -0.25) is 0 Å². The summed E-state index contributed by atoms with van der Waals surface area (Å²) in [6.45, 7) is 9.92. The lowest BCUT2D eigenvalue weighted by Crippen LogP contribution is -2.09. The number of hydrogen-bond donors (Lipinski definition) is 0. The van der Waals surface area contributed by atoms with Crippen LogP contribution in [0.15, 0.2) is 6.58 Å². The molecule has 0 spiro atoms. The summed E-state index contributed by atoms with van der Waals surface area (Å²) < 4.78 is 2.07. The Morgan fingerprint density at radius 2 is 2.12 bits per heavy atom. The Morgan fingerprint density at radius 3 is 2.25 bits per heavy atom. The SMILES string of the molecule is C=C=[N+](CC)CCC. The quantitative estimate of drug-likeness (QED) is 0.382. The molecule has 8 heavy (non-hydrogen) atoms. The number of hydrogen-bond acceptors (Lipinski definition) is 0. The summed E-state index contributed by atoms with van der Waals surface area (Å²) in [7, 11) is 0. The van der Waals surface area contributed by atoms with Crippen molar-refractivity contribution >= 4 is 5.87 Å². The fourth-order valence-corrected chi connectivity index (χ4v) is 0.619. The molecule has 0 unspecified atom stereocenters. The predicted octanol–water partition coefficient (Wildman–Crippen LogP) is 1.28. The van der Waals surface area contributed by atoms with Crippen LogP contribution in [-0.4, -0.2) is 23.5 Å². The van der Waals surface area contributed by atoms with Gasteiger partial charge in [0.1, 0.15) is 6.54 Å². The maximum atomic E-state index is 3.55. The molecule has 0 aromatic carbocycles. The zero-order valence-electron chi connectivity index (χ0n) is 5.78. The summed E-state index contributed by atoms with van der Waals surface area (Å²) >= 11 is 0. The highest BCUT2D eigenvalue weighted by Gasteiger charge is 1.91. The van der Waals surface area contributed by atoms with Gasteiger partial charge in [-0.15, -0.1) is 0 Å². The van der Waals surface area contributed by atoms with Crippen molar-refractivity contribution in [3.8, 4) is 0 Å². The van der Waals surface area contributed by atoms with Gasteiger partial charge in [-0.25, -0.2) is 0 Å². The summed E-state index contributed by atoms with van der Waals surface area (Å²) in [5, 5.41) is 0.